The molecular formula is C13H16N2O2. The van der Waals surface area contributed by atoms with Crippen molar-refractivity contribution in [1.82, 2.24) is 9.97 Å². The van der Waals surface area contributed by atoms with E-state index in [1.165, 1.54) is 6.92 Å². The number of unbranched alkanes of at least 4 members (excludes halogenated alkanes) is 1. The van der Waals surface area contributed by atoms with E-state index < -0.39 is 0 Å². The molecule has 0 aliphatic rings. The minimum atomic E-state index is -0.235. The van der Waals surface area contributed by atoms with Crippen LogP contribution in [-0.4, -0.2) is 22.0 Å². The molecule has 0 saturated carbocycles. The Bertz CT molecular complexity index is 406. The predicted octanol–water partition coefficient (Wildman–Crippen LogP) is 1.95. The Balaban J connectivity index is 2.21. The van der Waals surface area contributed by atoms with Crippen molar-refractivity contribution in [3.05, 3.63) is 24.3 Å². The van der Waals surface area contributed by atoms with Gasteiger partial charge in [-0.25, -0.2) is 9.97 Å². The zero-order valence-electron chi connectivity index (χ0n) is 10.1. The lowest BCUT2D eigenvalue weighted by Gasteiger charge is -2.09. The van der Waals surface area contributed by atoms with Crippen molar-refractivity contribution < 1.29 is 9.53 Å². The summed E-state index contributed by atoms with van der Waals surface area (Å²) in [5, 5.41) is 0. The Labute approximate surface area is 101 Å². The molecule has 0 spiro atoms. The Hall–Kier alpha value is -1.89. The minimum absolute atomic E-state index is 0.0396. The van der Waals surface area contributed by atoms with E-state index in [1.807, 2.05) is 6.92 Å². The number of nitrogens with zero attached hydrogens (tertiary/aromatic N) is 2. The van der Waals surface area contributed by atoms with Crippen LogP contribution in [0.2, 0.25) is 0 Å². The number of rotatable bonds is 4. The fourth-order valence-corrected chi connectivity index (χ4v) is 1.33. The van der Waals surface area contributed by atoms with Crippen molar-refractivity contribution in [2.45, 2.75) is 39.2 Å². The third-order valence-corrected chi connectivity index (χ3v) is 2.05. The van der Waals surface area contributed by atoms with Gasteiger partial charge in [-0.2, -0.15) is 0 Å². The molecule has 1 heterocycles. The third-order valence-electron chi connectivity index (χ3n) is 2.05. The molecule has 1 atom stereocenters. The van der Waals surface area contributed by atoms with Crippen molar-refractivity contribution >= 4 is 5.97 Å². The molecule has 0 bridgehead atoms. The van der Waals surface area contributed by atoms with Crippen LogP contribution in [0.25, 0.3) is 0 Å². The van der Waals surface area contributed by atoms with E-state index >= 15 is 0 Å². The van der Waals surface area contributed by atoms with Crippen LogP contribution in [-0.2, 0) is 9.53 Å². The summed E-state index contributed by atoms with van der Waals surface area (Å²) in [6.07, 6.45) is 5.77. The molecule has 0 amide bonds. The van der Waals surface area contributed by atoms with Crippen LogP contribution in [0.3, 0.4) is 0 Å². The molecule has 0 aromatic carbocycles. The molecule has 90 valence electrons. The smallest absolute Gasteiger partial charge is 0.302 e. The third kappa shape index (κ3) is 6.31. The van der Waals surface area contributed by atoms with E-state index in [2.05, 4.69) is 21.8 Å². The Kier molecular flexibility index (Phi) is 5.73. The maximum absolute atomic E-state index is 10.7. The molecule has 1 rings (SSSR count). The molecule has 0 aliphatic carbocycles. The van der Waals surface area contributed by atoms with E-state index in [1.54, 1.807) is 18.5 Å². The standard InChI is InChI=1S/C13H16N2O2/c1-11(17-12(2)16)7-4-3-5-8-13-14-9-6-10-15-13/h6,9-11H,3-4,7H2,1-2H3. The second-order valence-electron chi connectivity index (χ2n) is 3.69. The summed E-state index contributed by atoms with van der Waals surface area (Å²) in [4.78, 5) is 18.7. The van der Waals surface area contributed by atoms with Gasteiger partial charge in [-0.05, 0) is 31.8 Å². The Morgan fingerprint density at radius 3 is 2.82 bits per heavy atom. The Morgan fingerprint density at radius 1 is 1.47 bits per heavy atom. The van der Waals surface area contributed by atoms with E-state index in [9.17, 15) is 4.79 Å². The van der Waals surface area contributed by atoms with Crippen LogP contribution >= 0.6 is 0 Å². The molecule has 0 aliphatic heterocycles. The molecule has 0 fully saturated rings. The van der Waals surface area contributed by atoms with Gasteiger partial charge in [0.05, 0.1) is 6.10 Å². The lowest BCUT2D eigenvalue weighted by atomic mass is 10.2. The molecular weight excluding hydrogens is 216 g/mol. The maximum Gasteiger partial charge on any atom is 0.302 e. The van der Waals surface area contributed by atoms with Gasteiger partial charge in [0.2, 0.25) is 5.82 Å². The fraction of sp³-hybridized carbons (Fsp3) is 0.462. The topological polar surface area (TPSA) is 52.1 Å². The zero-order chi connectivity index (χ0) is 12.5. The molecule has 1 aromatic heterocycles. The second-order valence-corrected chi connectivity index (χ2v) is 3.69. The number of carbonyl (C=O) groups excluding carboxylic acids is 1. The van der Waals surface area contributed by atoms with Gasteiger partial charge in [0.25, 0.3) is 0 Å². The van der Waals surface area contributed by atoms with Crippen LogP contribution in [0, 0.1) is 11.8 Å². The van der Waals surface area contributed by atoms with Crippen molar-refractivity contribution in [3.8, 4) is 11.8 Å². The first-order valence-corrected chi connectivity index (χ1v) is 5.61. The zero-order valence-corrected chi connectivity index (χ0v) is 10.1. The number of ether oxygens (including phenoxy) is 1. The highest BCUT2D eigenvalue weighted by molar-refractivity contribution is 5.66. The number of esters is 1. The van der Waals surface area contributed by atoms with Gasteiger partial charge < -0.3 is 4.74 Å². The lowest BCUT2D eigenvalue weighted by molar-refractivity contribution is -0.145. The van der Waals surface area contributed by atoms with Crippen LogP contribution in [0.4, 0.5) is 0 Å². The van der Waals surface area contributed by atoms with Gasteiger partial charge in [-0.15, -0.1) is 0 Å². The van der Waals surface area contributed by atoms with Crippen molar-refractivity contribution in [3.63, 3.8) is 0 Å². The number of hydrogen-bond acceptors (Lipinski definition) is 4. The quantitative estimate of drug-likeness (QED) is 0.452. The number of carbonyl (C=O) groups is 1. The highest BCUT2D eigenvalue weighted by Gasteiger charge is 2.03. The first-order chi connectivity index (χ1) is 8.18. The second kappa shape index (κ2) is 7.39. The first kappa shape index (κ1) is 13.2. The van der Waals surface area contributed by atoms with E-state index in [0.29, 0.717) is 5.82 Å². The SMILES string of the molecule is CC(=O)OC(C)CCCC#Cc1ncccn1. The molecule has 17 heavy (non-hydrogen) atoms. The van der Waals surface area contributed by atoms with Crippen molar-refractivity contribution in [2.24, 2.45) is 0 Å². The maximum atomic E-state index is 10.7. The average molecular weight is 232 g/mol. The van der Waals surface area contributed by atoms with Gasteiger partial charge in [0.1, 0.15) is 0 Å². The summed E-state index contributed by atoms with van der Waals surface area (Å²) < 4.78 is 5.00. The predicted molar refractivity (Wildman–Crippen MR) is 64.0 cm³/mol. The molecule has 1 unspecified atom stereocenters. The molecule has 4 nitrogen and oxygen atoms in total. The van der Waals surface area contributed by atoms with Crippen molar-refractivity contribution in [2.75, 3.05) is 0 Å². The number of aromatic nitrogens is 2. The summed E-state index contributed by atoms with van der Waals surface area (Å²) in [6, 6.07) is 1.76. The molecule has 1 aromatic rings. The summed E-state index contributed by atoms with van der Waals surface area (Å²) in [5.41, 5.74) is 0. The van der Waals surface area contributed by atoms with E-state index in [0.717, 1.165) is 19.3 Å². The van der Waals surface area contributed by atoms with Crippen LogP contribution in [0.5, 0.6) is 0 Å². The highest BCUT2D eigenvalue weighted by atomic mass is 16.5. The Morgan fingerprint density at radius 2 is 2.18 bits per heavy atom. The van der Waals surface area contributed by atoms with Gasteiger partial charge in [-0.1, -0.05) is 5.92 Å². The molecule has 4 heteroatoms. The van der Waals surface area contributed by atoms with Crippen molar-refractivity contribution in [1.29, 1.82) is 0 Å². The highest BCUT2D eigenvalue weighted by Crippen LogP contribution is 2.03. The van der Waals surface area contributed by atoms with Gasteiger partial charge >= 0.3 is 5.97 Å². The summed E-state index contributed by atoms with van der Waals surface area (Å²) in [5.74, 6) is 6.18. The monoisotopic (exact) mass is 232 g/mol. The largest absolute Gasteiger partial charge is 0.463 e. The van der Waals surface area contributed by atoms with Gasteiger partial charge in [0, 0.05) is 25.7 Å². The molecule has 0 radical (unpaired) electrons. The van der Waals surface area contributed by atoms with Gasteiger partial charge in [-0.3, -0.25) is 4.79 Å². The fourth-order valence-electron chi connectivity index (χ4n) is 1.33. The van der Waals surface area contributed by atoms with Crippen LogP contribution in [0.1, 0.15) is 38.9 Å². The first-order valence-electron chi connectivity index (χ1n) is 5.61. The molecule has 0 saturated heterocycles. The van der Waals surface area contributed by atoms with Crippen LogP contribution in [0.15, 0.2) is 18.5 Å². The summed E-state index contributed by atoms with van der Waals surface area (Å²) in [7, 11) is 0. The number of hydrogen-bond donors (Lipinski definition) is 0. The van der Waals surface area contributed by atoms with E-state index in [4.69, 9.17) is 4.74 Å². The van der Waals surface area contributed by atoms with Gasteiger partial charge in [0.15, 0.2) is 0 Å². The summed E-state index contributed by atoms with van der Waals surface area (Å²) in [6.45, 7) is 3.30. The van der Waals surface area contributed by atoms with Crippen LogP contribution < -0.4 is 0 Å². The molecule has 0 N–H and O–H groups in total. The average Bonchev–Trinajstić information content (AvgIpc) is 2.29. The lowest BCUT2D eigenvalue weighted by Crippen LogP contribution is -2.11. The van der Waals surface area contributed by atoms with E-state index in [-0.39, 0.29) is 12.1 Å². The minimum Gasteiger partial charge on any atom is -0.463 e. The summed E-state index contributed by atoms with van der Waals surface area (Å²) >= 11 is 0. The normalized spacial score (nSPS) is 11.2.